The van der Waals surface area contributed by atoms with Gasteiger partial charge in [-0.25, -0.2) is 0 Å². The number of thiophene rings is 2. The molecule has 0 bridgehead atoms. The zero-order valence-electron chi connectivity index (χ0n) is 12.0. The van der Waals surface area contributed by atoms with E-state index in [1.807, 2.05) is 22.7 Å². The van der Waals surface area contributed by atoms with E-state index in [9.17, 15) is 0 Å². The Morgan fingerprint density at radius 2 is 1.86 bits per heavy atom. The molecule has 0 radical (unpaired) electrons. The van der Waals surface area contributed by atoms with Crippen LogP contribution >= 0.6 is 54.5 Å². The monoisotopic (exact) mass is 447 g/mol. The molecule has 1 N–H and O–H groups in total. The van der Waals surface area contributed by atoms with E-state index in [1.54, 1.807) is 10.4 Å². The van der Waals surface area contributed by atoms with E-state index >= 15 is 0 Å². The maximum absolute atomic E-state index is 3.66. The van der Waals surface area contributed by atoms with Crippen molar-refractivity contribution in [3.05, 3.63) is 40.6 Å². The van der Waals surface area contributed by atoms with Crippen LogP contribution in [0, 0.1) is 0 Å². The second kappa shape index (κ2) is 7.26. The van der Waals surface area contributed by atoms with E-state index in [0.29, 0.717) is 6.04 Å². The third-order valence-corrected chi connectivity index (χ3v) is 8.53. The topological polar surface area (TPSA) is 12.0 Å². The van der Waals surface area contributed by atoms with E-state index in [-0.39, 0.29) is 0 Å². The number of hydrogen-bond donors (Lipinski definition) is 1. The van der Waals surface area contributed by atoms with Crippen molar-refractivity contribution in [2.24, 2.45) is 0 Å². The van der Waals surface area contributed by atoms with Gasteiger partial charge in [0.15, 0.2) is 0 Å². The van der Waals surface area contributed by atoms with Crippen LogP contribution in [0.3, 0.4) is 0 Å². The molecule has 0 saturated carbocycles. The van der Waals surface area contributed by atoms with Crippen LogP contribution in [-0.4, -0.2) is 6.54 Å². The fourth-order valence-corrected chi connectivity index (χ4v) is 6.50. The summed E-state index contributed by atoms with van der Waals surface area (Å²) in [5.41, 5.74) is 1.60. The maximum atomic E-state index is 3.66. The minimum atomic E-state index is 0.333. The fraction of sp³-hybridized carbons (Fsp3) is 0.500. The molecule has 2 aromatic heterocycles. The number of rotatable bonds is 4. The van der Waals surface area contributed by atoms with Gasteiger partial charge in [-0.2, -0.15) is 0 Å². The molecule has 1 atom stereocenters. The molecule has 1 unspecified atom stereocenters. The first-order valence-corrected chi connectivity index (χ1v) is 10.7. The summed E-state index contributed by atoms with van der Waals surface area (Å²) in [6, 6.07) is 5.03. The predicted molar refractivity (Wildman–Crippen MR) is 101 cm³/mol. The van der Waals surface area contributed by atoms with Gasteiger partial charge in [0, 0.05) is 19.1 Å². The summed E-state index contributed by atoms with van der Waals surface area (Å²) < 4.78 is 2.34. The molecule has 0 fully saturated rings. The lowest BCUT2D eigenvalue weighted by molar-refractivity contribution is 0.647. The van der Waals surface area contributed by atoms with Crippen molar-refractivity contribution in [3.63, 3.8) is 0 Å². The molecule has 1 aliphatic rings. The standard InChI is InChI=1S/C16H19Br2NS2/c1-2-19-15(14-9-11(17)16(18)21-14)13-8-10-6-4-3-5-7-12(10)20-13/h8-9,15,19H,2-7H2,1H3. The van der Waals surface area contributed by atoms with E-state index in [1.165, 1.54) is 45.6 Å². The smallest absolute Gasteiger partial charge is 0.0843 e. The Morgan fingerprint density at radius 3 is 2.57 bits per heavy atom. The lowest BCUT2D eigenvalue weighted by atomic mass is 10.1. The van der Waals surface area contributed by atoms with Crippen LogP contribution in [0.5, 0.6) is 0 Å². The molecule has 1 nitrogen and oxygen atoms in total. The summed E-state index contributed by atoms with van der Waals surface area (Å²) in [5.74, 6) is 0. The average molecular weight is 449 g/mol. The maximum Gasteiger partial charge on any atom is 0.0843 e. The van der Waals surface area contributed by atoms with Crippen LogP contribution in [0.25, 0.3) is 0 Å². The Kier molecular flexibility index (Phi) is 5.60. The van der Waals surface area contributed by atoms with Crippen LogP contribution in [0.2, 0.25) is 0 Å². The van der Waals surface area contributed by atoms with Crippen molar-refractivity contribution in [3.8, 4) is 0 Å². The highest BCUT2D eigenvalue weighted by atomic mass is 79.9. The lowest BCUT2D eigenvalue weighted by Gasteiger charge is -2.14. The molecule has 21 heavy (non-hydrogen) atoms. The summed E-state index contributed by atoms with van der Waals surface area (Å²) in [6.07, 6.45) is 6.64. The van der Waals surface area contributed by atoms with Gasteiger partial charge in [-0.1, -0.05) is 13.3 Å². The van der Waals surface area contributed by atoms with Gasteiger partial charge in [-0.15, -0.1) is 22.7 Å². The normalized spacial score (nSPS) is 16.5. The van der Waals surface area contributed by atoms with Gasteiger partial charge >= 0.3 is 0 Å². The first-order valence-electron chi connectivity index (χ1n) is 7.48. The van der Waals surface area contributed by atoms with Crippen molar-refractivity contribution in [2.75, 3.05) is 6.54 Å². The summed E-state index contributed by atoms with van der Waals surface area (Å²) in [7, 11) is 0. The van der Waals surface area contributed by atoms with Gasteiger partial charge in [0.2, 0.25) is 0 Å². The van der Waals surface area contributed by atoms with Gasteiger partial charge in [-0.05, 0) is 81.8 Å². The van der Waals surface area contributed by atoms with Crippen molar-refractivity contribution in [1.29, 1.82) is 0 Å². The summed E-state index contributed by atoms with van der Waals surface area (Å²) >= 11 is 11.1. The summed E-state index contributed by atoms with van der Waals surface area (Å²) in [5, 5.41) is 3.66. The molecule has 2 heterocycles. The van der Waals surface area contributed by atoms with E-state index in [2.05, 4.69) is 56.2 Å². The highest BCUT2D eigenvalue weighted by molar-refractivity contribution is 9.13. The van der Waals surface area contributed by atoms with E-state index < -0.39 is 0 Å². The Morgan fingerprint density at radius 1 is 1.10 bits per heavy atom. The number of fused-ring (bicyclic) bond motifs is 1. The van der Waals surface area contributed by atoms with Crippen LogP contribution in [0.15, 0.2) is 20.4 Å². The van der Waals surface area contributed by atoms with Gasteiger partial charge in [0.05, 0.1) is 9.83 Å². The molecule has 0 saturated heterocycles. The molecular formula is C16H19Br2NS2. The van der Waals surface area contributed by atoms with Gasteiger partial charge in [0.1, 0.15) is 0 Å². The number of aryl methyl sites for hydroxylation is 2. The van der Waals surface area contributed by atoms with E-state index in [0.717, 1.165) is 11.0 Å². The number of halogens is 2. The Balaban J connectivity index is 1.93. The molecule has 0 spiro atoms. The fourth-order valence-electron chi connectivity index (χ4n) is 2.88. The number of hydrogen-bond acceptors (Lipinski definition) is 3. The lowest BCUT2D eigenvalue weighted by Crippen LogP contribution is -2.20. The zero-order valence-corrected chi connectivity index (χ0v) is 16.9. The summed E-state index contributed by atoms with van der Waals surface area (Å²) in [4.78, 5) is 4.48. The van der Waals surface area contributed by atoms with Crippen LogP contribution in [-0.2, 0) is 12.8 Å². The predicted octanol–water partition coefficient (Wildman–Crippen LogP) is 6.30. The molecule has 0 amide bonds. The molecule has 0 aromatic carbocycles. The van der Waals surface area contributed by atoms with Crippen molar-refractivity contribution in [1.82, 2.24) is 5.32 Å². The molecule has 1 aliphatic carbocycles. The molecule has 2 aromatic rings. The minimum Gasteiger partial charge on any atom is -0.305 e. The van der Waals surface area contributed by atoms with Crippen LogP contribution in [0.1, 0.15) is 52.4 Å². The first-order chi connectivity index (χ1) is 10.2. The molecular weight excluding hydrogens is 430 g/mol. The minimum absolute atomic E-state index is 0.333. The molecule has 114 valence electrons. The second-order valence-corrected chi connectivity index (χ2v) is 9.84. The highest BCUT2D eigenvalue weighted by Gasteiger charge is 2.21. The number of nitrogens with one attached hydrogen (secondary N) is 1. The zero-order chi connectivity index (χ0) is 14.8. The third-order valence-electron chi connectivity index (χ3n) is 3.91. The first kappa shape index (κ1) is 16.2. The SMILES string of the molecule is CCNC(c1cc(Br)c(Br)s1)c1cc2c(s1)CCCCC2. The molecule has 0 aliphatic heterocycles. The van der Waals surface area contributed by atoms with Crippen molar-refractivity contribution < 1.29 is 0 Å². The average Bonchev–Trinajstić information content (AvgIpc) is 2.93. The molecule has 5 heteroatoms. The van der Waals surface area contributed by atoms with Crippen molar-refractivity contribution >= 4 is 54.5 Å². The van der Waals surface area contributed by atoms with Crippen molar-refractivity contribution in [2.45, 2.75) is 45.1 Å². The third kappa shape index (κ3) is 3.63. The Labute approximate surface area is 151 Å². The molecule has 3 rings (SSSR count). The van der Waals surface area contributed by atoms with Gasteiger partial charge in [-0.3, -0.25) is 0 Å². The van der Waals surface area contributed by atoms with Crippen LogP contribution < -0.4 is 5.32 Å². The Bertz CT molecular complexity index is 575. The largest absolute Gasteiger partial charge is 0.305 e. The van der Waals surface area contributed by atoms with Crippen LogP contribution in [0.4, 0.5) is 0 Å². The highest BCUT2D eigenvalue weighted by Crippen LogP contribution is 2.40. The quantitative estimate of drug-likeness (QED) is 0.540. The Hall–Kier alpha value is 0.320. The second-order valence-electron chi connectivity index (χ2n) is 5.42. The van der Waals surface area contributed by atoms with E-state index in [4.69, 9.17) is 0 Å². The summed E-state index contributed by atoms with van der Waals surface area (Å²) in [6.45, 7) is 3.17. The van der Waals surface area contributed by atoms with Gasteiger partial charge in [0.25, 0.3) is 0 Å². The van der Waals surface area contributed by atoms with Gasteiger partial charge < -0.3 is 5.32 Å².